The predicted octanol–water partition coefficient (Wildman–Crippen LogP) is 5.80. The lowest BCUT2D eigenvalue weighted by atomic mass is 9.78. The van der Waals surface area contributed by atoms with Crippen molar-refractivity contribution in [1.82, 2.24) is 0 Å². The van der Waals surface area contributed by atoms with Crippen LogP contribution in [0.2, 0.25) is 0 Å². The van der Waals surface area contributed by atoms with Gasteiger partial charge in [0.15, 0.2) is 5.79 Å². The molecular weight excluding hydrogens is 272 g/mol. The Morgan fingerprint density at radius 3 is 2.27 bits per heavy atom. The molecule has 0 heterocycles. The zero-order chi connectivity index (χ0) is 16.0. The second-order valence-electron chi connectivity index (χ2n) is 7.98. The summed E-state index contributed by atoms with van der Waals surface area (Å²) in [5, 5.41) is 0. The minimum absolute atomic E-state index is 0.330. The van der Waals surface area contributed by atoms with Gasteiger partial charge in [0.05, 0.1) is 0 Å². The minimum Gasteiger partial charge on any atom is -0.353 e. The average Bonchev–Trinajstić information content (AvgIpc) is 3.16. The van der Waals surface area contributed by atoms with Crippen molar-refractivity contribution in [2.24, 2.45) is 23.7 Å². The topological polar surface area (TPSA) is 18.5 Å². The molecule has 4 atom stereocenters. The van der Waals surface area contributed by atoms with Crippen molar-refractivity contribution in [3.05, 3.63) is 0 Å². The summed E-state index contributed by atoms with van der Waals surface area (Å²) in [6.45, 7) is 4.74. The van der Waals surface area contributed by atoms with E-state index in [0.29, 0.717) is 0 Å². The minimum atomic E-state index is -0.330. The van der Waals surface area contributed by atoms with Gasteiger partial charge in [0.2, 0.25) is 0 Å². The van der Waals surface area contributed by atoms with E-state index in [-0.39, 0.29) is 5.79 Å². The molecule has 0 saturated heterocycles. The molecule has 2 heteroatoms. The van der Waals surface area contributed by atoms with E-state index in [2.05, 4.69) is 13.8 Å². The summed E-state index contributed by atoms with van der Waals surface area (Å²) >= 11 is 0. The van der Waals surface area contributed by atoms with Gasteiger partial charge in [-0.3, -0.25) is 0 Å². The van der Waals surface area contributed by atoms with Crippen molar-refractivity contribution in [2.75, 3.05) is 14.2 Å². The third-order valence-electron chi connectivity index (χ3n) is 6.65. The normalized spacial score (nSPS) is 29.2. The number of fused-ring (bicyclic) bond motifs is 2. The summed E-state index contributed by atoms with van der Waals surface area (Å²) in [6.07, 6.45) is 14.5. The van der Waals surface area contributed by atoms with Crippen LogP contribution >= 0.6 is 0 Å². The van der Waals surface area contributed by atoms with Crippen molar-refractivity contribution in [2.45, 2.75) is 90.3 Å². The Hall–Kier alpha value is -0.0800. The monoisotopic (exact) mass is 310 g/mol. The van der Waals surface area contributed by atoms with E-state index in [4.69, 9.17) is 9.47 Å². The molecule has 0 aromatic heterocycles. The van der Waals surface area contributed by atoms with Crippen LogP contribution in [0.5, 0.6) is 0 Å². The van der Waals surface area contributed by atoms with Crippen LogP contribution in [-0.4, -0.2) is 20.0 Å². The first-order valence-corrected chi connectivity index (χ1v) is 9.74. The third kappa shape index (κ3) is 4.47. The maximum atomic E-state index is 5.77. The molecule has 2 fully saturated rings. The maximum absolute atomic E-state index is 5.77. The van der Waals surface area contributed by atoms with Gasteiger partial charge in [-0.15, -0.1) is 0 Å². The van der Waals surface area contributed by atoms with Gasteiger partial charge in [-0.05, 0) is 55.8 Å². The highest BCUT2D eigenvalue weighted by molar-refractivity contribution is 4.92. The molecule has 22 heavy (non-hydrogen) atoms. The number of unbranched alkanes of at least 4 members (excludes halogenated alkanes) is 2. The van der Waals surface area contributed by atoms with Crippen LogP contribution in [-0.2, 0) is 9.47 Å². The number of methoxy groups -OCH3 is 2. The molecule has 0 radical (unpaired) electrons. The van der Waals surface area contributed by atoms with Crippen LogP contribution in [0.15, 0.2) is 0 Å². The van der Waals surface area contributed by atoms with Crippen LogP contribution in [0.4, 0.5) is 0 Å². The number of rotatable bonds is 11. The molecule has 0 aromatic rings. The predicted molar refractivity (Wildman–Crippen MR) is 92.8 cm³/mol. The van der Waals surface area contributed by atoms with E-state index < -0.39 is 0 Å². The average molecular weight is 311 g/mol. The first-order valence-electron chi connectivity index (χ1n) is 9.74. The van der Waals surface area contributed by atoms with Crippen LogP contribution < -0.4 is 0 Å². The van der Waals surface area contributed by atoms with Crippen LogP contribution in [0.3, 0.4) is 0 Å². The Morgan fingerprint density at radius 2 is 1.73 bits per heavy atom. The maximum Gasteiger partial charge on any atom is 0.167 e. The molecule has 2 nitrogen and oxygen atoms in total. The van der Waals surface area contributed by atoms with Crippen molar-refractivity contribution in [3.63, 3.8) is 0 Å². The van der Waals surface area contributed by atoms with E-state index in [1.165, 1.54) is 57.8 Å². The molecule has 2 bridgehead atoms. The highest BCUT2D eigenvalue weighted by Crippen LogP contribution is 2.51. The fourth-order valence-electron chi connectivity index (χ4n) is 5.16. The first kappa shape index (κ1) is 18.3. The SMILES string of the molecule is CCCCCC(CCCC(C)C1CC2CCC1C2)(OC)OC. The molecule has 0 aromatic carbocycles. The molecule has 130 valence electrons. The first-order chi connectivity index (χ1) is 10.6. The van der Waals surface area contributed by atoms with Gasteiger partial charge >= 0.3 is 0 Å². The van der Waals surface area contributed by atoms with Crippen LogP contribution in [0.25, 0.3) is 0 Å². The highest BCUT2D eigenvalue weighted by atomic mass is 16.7. The Morgan fingerprint density at radius 1 is 1.00 bits per heavy atom. The standard InChI is InChI=1S/C20H38O2/c1-5-6-7-12-20(21-3,22-4)13-8-9-16(2)19-15-17-10-11-18(19)14-17/h16-19H,5-15H2,1-4H3. The Bertz CT molecular complexity index is 311. The fraction of sp³-hybridized carbons (Fsp3) is 1.00. The molecule has 2 rings (SSSR count). The largest absolute Gasteiger partial charge is 0.353 e. The Labute approximate surface area is 138 Å². The summed E-state index contributed by atoms with van der Waals surface area (Å²) < 4.78 is 11.5. The zero-order valence-electron chi connectivity index (χ0n) is 15.4. The summed E-state index contributed by atoms with van der Waals surface area (Å²) in [4.78, 5) is 0. The molecule has 2 aliphatic rings. The lowest BCUT2D eigenvalue weighted by molar-refractivity contribution is -0.216. The molecule has 2 aliphatic carbocycles. The van der Waals surface area contributed by atoms with Gasteiger partial charge in [0, 0.05) is 27.1 Å². The molecule has 2 saturated carbocycles. The fourth-order valence-corrected chi connectivity index (χ4v) is 5.16. The van der Waals surface area contributed by atoms with E-state index >= 15 is 0 Å². The summed E-state index contributed by atoms with van der Waals surface area (Å²) in [6, 6.07) is 0. The summed E-state index contributed by atoms with van der Waals surface area (Å²) in [7, 11) is 3.63. The second-order valence-corrected chi connectivity index (χ2v) is 7.98. The number of ether oxygens (including phenoxy) is 2. The van der Waals surface area contributed by atoms with E-state index in [1.54, 1.807) is 0 Å². The van der Waals surface area contributed by atoms with Crippen LogP contribution in [0, 0.1) is 23.7 Å². The molecule has 4 unspecified atom stereocenters. The lowest BCUT2D eigenvalue weighted by Crippen LogP contribution is -2.34. The summed E-state index contributed by atoms with van der Waals surface area (Å²) in [5.41, 5.74) is 0. The molecular formula is C20H38O2. The van der Waals surface area contributed by atoms with E-state index in [9.17, 15) is 0 Å². The smallest absolute Gasteiger partial charge is 0.167 e. The molecule has 0 spiro atoms. The molecule has 0 aliphatic heterocycles. The third-order valence-corrected chi connectivity index (χ3v) is 6.65. The quantitative estimate of drug-likeness (QED) is 0.355. The van der Waals surface area contributed by atoms with Crippen molar-refractivity contribution < 1.29 is 9.47 Å². The highest BCUT2D eigenvalue weighted by Gasteiger charge is 2.41. The van der Waals surface area contributed by atoms with Gasteiger partial charge in [0.25, 0.3) is 0 Å². The van der Waals surface area contributed by atoms with Crippen molar-refractivity contribution in [3.8, 4) is 0 Å². The number of hydrogen-bond acceptors (Lipinski definition) is 2. The van der Waals surface area contributed by atoms with E-state index in [1.807, 2.05) is 14.2 Å². The molecule has 0 amide bonds. The second kappa shape index (κ2) is 8.68. The van der Waals surface area contributed by atoms with Gasteiger partial charge in [0.1, 0.15) is 0 Å². The van der Waals surface area contributed by atoms with Gasteiger partial charge in [-0.1, -0.05) is 39.5 Å². The van der Waals surface area contributed by atoms with Crippen LogP contribution in [0.1, 0.15) is 84.5 Å². The van der Waals surface area contributed by atoms with Gasteiger partial charge < -0.3 is 9.47 Å². The Balaban J connectivity index is 1.72. The number of hydrogen-bond donors (Lipinski definition) is 0. The van der Waals surface area contributed by atoms with Crippen molar-refractivity contribution in [1.29, 1.82) is 0 Å². The van der Waals surface area contributed by atoms with Crippen molar-refractivity contribution >= 4 is 0 Å². The lowest BCUT2D eigenvalue weighted by Gasteiger charge is -2.33. The summed E-state index contributed by atoms with van der Waals surface area (Å²) in [5.74, 6) is 3.70. The zero-order valence-corrected chi connectivity index (χ0v) is 15.4. The molecule has 0 N–H and O–H groups in total. The Kier molecular flexibility index (Phi) is 7.21. The van der Waals surface area contributed by atoms with Gasteiger partial charge in [-0.25, -0.2) is 0 Å². The van der Waals surface area contributed by atoms with E-state index in [0.717, 1.165) is 36.5 Å². The van der Waals surface area contributed by atoms with Gasteiger partial charge in [-0.2, -0.15) is 0 Å².